The number of benzene rings is 1. The van der Waals surface area contributed by atoms with E-state index >= 15 is 0 Å². The Bertz CT molecular complexity index is 369. The van der Waals surface area contributed by atoms with Crippen LogP contribution in [-0.2, 0) is 6.42 Å². The van der Waals surface area contributed by atoms with E-state index in [1.807, 2.05) is 25.2 Å². The van der Waals surface area contributed by atoms with Crippen molar-refractivity contribution in [1.82, 2.24) is 5.32 Å². The molecular formula is C15H26N2O2. The first kappa shape index (κ1) is 15.8. The molecule has 0 aliphatic carbocycles. The van der Waals surface area contributed by atoms with Gasteiger partial charge in [-0.25, -0.2) is 0 Å². The predicted octanol–water partition coefficient (Wildman–Crippen LogP) is 1.96. The standard InChI is InChI=1S/C15H26N2O2/c1-4-5-8-19-15-10-12(6-7-14(15)18-3)9-13(16)11-17-2/h6-7,10,13,17H,4-5,8-9,11,16H2,1-3H3. The van der Waals surface area contributed by atoms with E-state index in [0.717, 1.165) is 43.9 Å². The highest BCUT2D eigenvalue weighted by atomic mass is 16.5. The summed E-state index contributed by atoms with van der Waals surface area (Å²) in [5.41, 5.74) is 7.20. The zero-order valence-electron chi connectivity index (χ0n) is 12.2. The molecule has 1 unspecified atom stereocenters. The molecule has 0 radical (unpaired) electrons. The van der Waals surface area contributed by atoms with Crippen LogP contribution in [-0.4, -0.2) is 33.4 Å². The summed E-state index contributed by atoms with van der Waals surface area (Å²) < 4.78 is 11.1. The average Bonchev–Trinajstić information content (AvgIpc) is 2.39. The summed E-state index contributed by atoms with van der Waals surface area (Å²) in [6.07, 6.45) is 3.00. The van der Waals surface area contributed by atoms with Crippen LogP contribution < -0.4 is 20.5 Å². The molecule has 0 bridgehead atoms. The van der Waals surface area contributed by atoms with Crippen LogP contribution in [0.5, 0.6) is 11.5 Å². The minimum Gasteiger partial charge on any atom is -0.493 e. The highest BCUT2D eigenvalue weighted by molar-refractivity contribution is 5.43. The SMILES string of the molecule is CCCCOc1cc(CC(N)CNC)ccc1OC. The molecular weight excluding hydrogens is 240 g/mol. The molecule has 0 saturated heterocycles. The largest absolute Gasteiger partial charge is 0.493 e. The van der Waals surface area contributed by atoms with Crippen LogP contribution in [0.3, 0.4) is 0 Å². The molecule has 1 aromatic carbocycles. The lowest BCUT2D eigenvalue weighted by Gasteiger charge is -2.14. The Labute approximate surface area is 116 Å². The van der Waals surface area contributed by atoms with Crippen LogP contribution in [0.15, 0.2) is 18.2 Å². The van der Waals surface area contributed by atoms with Gasteiger partial charge in [-0.05, 0) is 37.6 Å². The fourth-order valence-electron chi connectivity index (χ4n) is 1.92. The summed E-state index contributed by atoms with van der Waals surface area (Å²) in [4.78, 5) is 0. The topological polar surface area (TPSA) is 56.5 Å². The maximum atomic E-state index is 6.02. The first-order valence-corrected chi connectivity index (χ1v) is 6.91. The number of rotatable bonds is 9. The molecule has 0 heterocycles. The van der Waals surface area contributed by atoms with E-state index in [0.29, 0.717) is 0 Å². The van der Waals surface area contributed by atoms with E-state index in [1.54, 1.807) is 7.11 Å². The van der Waals surface area contributed by atoms with Gasteiger partial charge in [0.1, 0.15) is 0 Å². The molecule has 0 amide bonds. The third-order valence-electron chi connectivity index (χ3n) is 2.95. The second kappa shape index (κ2) is 8.77. The van der Waals surface area contributed by atoms with Gasteiger partial charge in [-0.2, -0.15) is 0 Å². The Hall–Kier alpha value is -1.26. The van der Waals surface area contributed by atoms with Gasteiger partial charge < -0.3 is 20.5 Å². The summed E-state index contributed by atoms with van der Waals surface area (Å²) in [5, 5.41) is 3.09. The third kappa shape index (κ3) is 5.49. The summed E-state index contributed by atoms with van der Waals surface area (Å²) in [7, 11) is 3.57. The quantitative estimate of drug-likeness (QED) is 0.671. The van der Waals surface area contributed by atoms with Gasteiger partial charge in [0.25, 0.3) is 0 Å². The van der Waals surface area contributed by atoms with Gasteiger partial charge in [0.15, 0.2) is 11.5 Å². The summed E-state index contributed by atoms with van der Waals surface area (Å²) in [5.74, 6) is 1.59. The second-order valence-electron chi connectivity index (χ2n) is 4.71. The van der Waals surface area contributed by atoms with Crippen LogP contribution in [0.4, 0.5) is 0 Å². The Morgan fingerprint density at radius 1 is 1.32 bits per heavy atom. The average molecular weight is 266 g/mol. The molecule has 3 N–H and O–H groups in total. The lowest BCUT2D eigenvalue weighted by atomic mass is 10.1. The number of nitrogens with one attached hydrogen (secondary N) is 1. The minimum atomic E-state index is 0.113. The number of unbranched alkanes of at least 4 members (excludes halogenated alkanes) is 1. The number of hydrogen-bond donors (Lipinski definition) is 2. The number of methoxy groups -OCH3 is 1. The lowest BCUT2D eigenvalue weighted by Crippen LogP contribution is -2.33. The summed E-state index contributed by atoms with van der Waals surface area (Å²) in [6, 6.07) is 6.13. The molecule has 4 nitrogen and oxygen atoms in total. The number of nitrogens with two attached hydrogens (primary N) is 1. The van der Waals surface area contributed by atoms with Crippen LogP contribution in [0.1, 0.15) is 25.3 Å². The van der Waals surface area contributed by atoms with E-state index in [9.17, 15) is 0 Å². The number of hydrogen-bond acceptors (Lipinski definition) is 4. The van der Waals surface area contributed by atoms with Crippen molar-refractivity contribution in [1.29, 1.82) is 0 Å². The van der Waals surface area contributed by atoms with Gasteiger partial charge in [-0.15, -0.1) is 0 Å². The molecule has 0 aliphatic heterocycles. The minimum absolute atomic E-state index is 0.113. The van der Waals surface area contributed by atoms with Gasteiger partial charge in [0.2, 0.25) is 0 Å². The lowest BCUT2D eigenvalue weighted by molar-refractivity contribution is 0.288. The van der Waals surface area contributed by atoms with Crippen molar-refractivity contribution in [2.75, 3.05) is 27.3 Å². The summed E-state index contributed by atoms with van der Waals surface area (Å²) >= 11 is 0. The maximum Gasteiger partial charge on any atom is 0.161 e. The van der Waals surface area contributed by atoms with Crippen LogP contribution in [0.25, 0.3) is 0 Å². The van der Waals surface area contributed by atoms with Crippen molar-refractivity contribution in [3.05, 3.63) is 23.8 Å². The highest BCUT2D eigenvalue weighted by Gasteiger charge is 2.08. The summed E-state index contributed by atoms with van der Waals surface area (Å²) in [6.45, 7) is 3.67. The van der Waals surface area contributed by atoms with Gasteiger partial charge in [-0.1, -0.05) is 19.4 Å². The Morgan fingerprint density at radius 2 is 2.11 bits per heavy atom. The molecule has 4 heteroatoms. The molecule has 1 rings (SSSR count). The van der Waals surface area contributed by atoms with Gasteiger partial charge in [0, 0.05) is 12.6 Å². The zero-order chi connectivity index (χ0) is 14.1. The molecule has 1 atom stereocenters. The van der Waals surface area contributed by atoms with E-state index in [4.69, 9.17) is 15.2 Å². The number of likely N-dealkylation sites (N-methyl/N-ethyl adjacent to an activating group) is 1. The normalized spacial score (nSPS) is 12.2. The van der Waals surface area contributed by atoms with Crippen molar-refractivity contribution < 1.29 is 9.47 Å². The van der Waals surface area contributed by atoms with Gasteiger partial charge in [-0.3, -0.25) is 0 Å². The van der Waals surface area contributed by atoms with Crippen LogP contribution >= 0.6 is 0 Å². The van der Waals surface area contributed by atoms with Crippen molar-refractivity contribution in [3.8, 4) is 11.5 Å². The van der Waals surface area contributed by atoms with Gasteiger partial charge >= 0.3 is 0 Å². The molecule has 0 spiro atoms. The van der Waals surface area contributed by atoms with Crippen molar-refractivity contribution in [3.63, 3.8) is 0 Å². The van der Waals surface area contributed by atoms with Crippen molar-refractivity contribution in [2.45, 2.75) is 32.2 Å². The highest BCUT2D eigenvalue weighted by Crippen LogP contribution is 2.28. The monoisotopic (exact) mass is 266 g/mol. The van der Waals surface area contributed by atoms with E-state index in [1.165, 1.54) is 5.56 Å². The second-order valence-corrected chi connectivity index (χ2v) is 4.71. The fourth-order valence-corrected chi connectivity index (χ4v) is 1.92. The van der Waals surface area contributed by atoms with Gasteiger partial charge in [0.05, 0.1) is 13.7 Å². The fraction of sp³-hybridized carbons (Fsp3) is 0.600. The van der Waals surface area contributed by atoms with E-state index < -0.39 is 0 Å². The Morgan fingerprint density at radius 3 is 2.74 bits per heavy atom. The van der Waals surface area contributed by atoms with Crippen LogP contribution in [0, 0.1) is 0 Å². The molecule has 0 aromatic heterocycles. The molecule has 0 fully saturated rings. The van der Waals surface area contributed by atoms with E-state index in [2.05, 4.69) is 12.2 Å². The zero-order valence-corrected chi connectivity index (χ0v) is 12.2. The first-order chi connectivity index (χ1) is 9.21. The van der Waals surface area contributed by atoms with E-state index in [-0.39, 0.29) is 6.04 Å². The first-order valence-electron chi connectivity index (χ1n) is 6.91. The third-order valence-corrected chi connectivity index (χ3v) is 2.95. The maximum absolute atomic E-state index is 6.02. The molecule has 108 valence electrons. The molecule has 19 heavy (non-hydrogen) atoms. The molecule has 0 aliphatic rings. The van der Waals surface area contributed by atoms with Crippen LogP contribution in [0.2, 0.25) is 0 Å². The van der Waals surface area contributed by atoms with Crippen molar-refractivity contribution in [2.24, 2.45) is 5.73 Å². The Balaban J connectivity index is 2.70. The molecule has 1 aromatic rings. The Kier molecular flexibility index (Phi) is 7.30. The van der Waals surface area contributed by atoms with Crippen molar-refractivity contribution >= 4 is 0 Å². The number of ether oxygens (including phenoxy) is 2. The molecule has 0 saturated carbocycles. The predicted molar refractivity (Wildman–Crippen MR) is 79.0 cm³/mol. The smallest absolute Gasteiger partial charge is 0.161 e.